The first-order chi connectivity index (χ1) is 12.6. The monoisotopic (exact) mass is 352 g/mol. The number of nitrogens with zero attached hydrogens (tertiary/aromatic N) is 2. The van der Waals surface area contributed by atoms with Crippen molar-refractivity contribution in [1.82, 2.24) is 9.80 Å². The van der Waals surface area contributed by atoms with Crippen LogP contribution in [-0.4, -0.2) is 42.9 Å². The molecule has 1 aromatic carbocycles. The van der Waals surface area contributed by atoms with Crippen molar-refractivity contribution in [2.45, 2.75) is 43.6 Å². The molecule has 4 heteroatoms. The number of piperidine rings is 1. The van der Waals surface area contributed by atoms with Crippen LogP contribution < -0.4 is 0 Å². The van der Waals surface area contributed by atoms with Crippen LogP contribution >= 0.6 is 0 Å². The SMILES string of the molecule is CN(C)C(=O)C[C@@H]1CC2(CCN(Cc3ccco3)CC2)c2ccccc21. The van der Waals surface area contributed by atoms with Crippen molar-refractivity contribution < 1.29 is 9.21 Å². The summed E-state index contributed by atoms with van der Waals surface area (Å²) in [5, 5.41) is 0. The van der Waals surface area contributed by atoms with Gasteiger partial charge in [-0.3, -0.25) is 9.69 Å². The highest BCUT2D eigenvalue weighted by molar-refractivity contribution is 5.77. The van der Waals surface area contributed by atoms with Gasteiger partial charge in [-0.05, 0) is 66.9 Å². The Bertz CT molecular complexity index is 758. The van der Waals surface area contributed by atoms with Gasteiger partial charge in [-0.25, -0.2) is 0 Å². The van der Waals surface area contributed by atoms with Crippen LogP contribution in [0.2, 0.25) is 0 Å². The highest BCUT2D eigenvalue weighted by atomic mass is 16.3. The molecular weight excluding hydrogens is 324 g/mol. The largest absolute Gasteiger partial charge is 0.468 e. The molecule has 1 amide bonds. The van der Waals surface area contributed by atoms with Crippen LogP contribution in [0.3, 0.4) is 0 Å². The molecule has 2 heterocycles. The fourth-order valence-electron chi connectivity index (χ4n) is 4.84. The van der Waals surface area contributed by atoms with E-state index in [1.807, 2.05) is 20.2 Å². The summed E-state index contributed by atoms with van der Waals surface area (Å²) in [6, 6.07) is 12.8. The van der Waals surface area contributed by atoms with E-state index in [1.165, 1.54) is 11.1 Å². The third kappa shape index (κ3) is 3.18. The molecule has 1 atom stereocenters. The Morgan fingerprint density at radius 2 is 1.96 bits per heavy atom. The fourth-order valence-corrected chi connectivity index (χ4v) is 4.84. The van der Waals surface area contributed by atoms with Crippen molar-refractivity contribution in [3.63, 3.8) is 0 Å². The van der Waals surface area contributed by atoms with E-state index >= 15 is 0 Å². The minimum atomic E-state index is 0.233. The van der Waals surface area contributed by atoms with Crippen molar-refractivity contribution in [3.05, 3.63) is 59.5 Å². The zero-order valence-electron chi connectivity index (χ0n) is 15.8. The summed E-state index contributed by atoms with van der Waals surface area (Å²) < 4.78 is 5.51. The zero-order valence-corrected chi connectivity index (χ0v) is 15.8. The van der Waals surface area contributed by atoms with Crippen molar-refractivity contribution in [3.8, 4) is 0 Å². The van der Waals surface area contributed by atoms with E-state index in [0.717, 1.165) is 44.7 Å². The smallest absolute Gasteiger partial charge is 0.222 e. The molecule has 26 heavy (non-hydrogen) atoms. The first-order valence-electron chi connectivity index (χ1n) is 9.62. The van der Waals surface area contributed by atoms with E-state index in [1.54, 1.807) is 11.2 Å². The molecule has 1 aliphatic heterocycles. The molecule has 4 nitrogen and oxygen atoms in total. The Morgan fingerprint density at radius 3 is 2.65 bits per heavy atom. The van der Waals surface area contributed by atoms with Gasteiger partial charge in [-0.1, -0.05) is 24.3 Å². The second-order valence-electron chi connectivity index (χ2n) is 8.12. The lowest BCUT2D eigenvalue weighted by Gasteiger charge is -2.40. The highest BCUT2D eigenvalue weighted by Gasteiger charge is 2.45. The third-order valence-corrected chi connectivity index (χ3v) is 6.30. The molecule has 0 radical (unpaired) electrons. The normalized spacial score (nSPS) is 21.7. The molecular formula is C22H28N2O2. The van der Waals surface area contributed by atoms with Crippen molar-refractivity contribution >= 4 is 5.91 Å². The highest BCUT2D eigenvalue weighted by Crippen LogP contribution is 2.52. The molecule has 0 N–H and O–H groups in total. The lowest BCUT2D eigenvalue weighted by molar-refractivity contribution is -0.129. The van der Waals surface area contributed by atoms with Gasteiger partial charge in [0.1, 0.15) is 5.76 Å². The van der Waals surface area contributed by atoms with Gasteiger partial charge >= 0.3 is 0 Å². The van der Waals surface area contributed by atoms with Gasteiger partial charge in [0.2, 0.25) is 5.91 Å². The van der Waals surface area contributed by atoms with E-state index in [0.29, 0.717) is 12.3 Å². The summed E-state index contributed by atoms with van der Waals surface area (Å²) in [5.41, 5.74) is 3.14. The Morgan fingerprint density at radius 1 is 1.19 bits per heavy atom. The van der Waals surface area contributed by atoms with Crippen LogP contribution in [0.15, 0.2) is 47.1 Å². The number of benzene rings is 1. The lowest BCUT2D eigenvalue weighted by Crippen LogP contribution is -2.41. The van der Waals surface area contributed by atoms with Crippen LogP contribution in [0.5, 0.6) is 0 Å². The maximum Gasteiger partial charge on any atom is 0.222 e. The van der Waals surface area contributed by atoms with Crippen LogP contribution in [0.1, 0.15) is 48.5 Å². The maximum absolute atomic E-state index is 12.3. The Hall–Kier alpha value is -2.07. The Balaban J connectivity index is 1.49. The number of hydrogen-bond acceptors (Lipinski definition) is 3. The molecule has 1 fully saturated rings. The Labute approximate surface area is 155 Å². The second kappa shape index (κ2) is 6.92. The average Bonchev–Trinajstić information content (AvgIpc) is 3.25. The van der Waals surface area contributed by atoms with Crippen molar-refractivity contribution in [2.24, 2.45) is 0 Å². The number of hydrogen-bond donors (Lipinski definition) is 0. The van der Waals surface area contributed by atoms with Gasteiger partial charge in [-0.15, -0.1) is 0 Å². The summed E-state index contributed by atoms with van der Waals surface area (Å²) in [5.74, 6) is 1.64. The quantitative estimate of drug-likeness (QED) is 0.840. The van der Waals surface area contributed by atoms with Crippen LogP contribution in [0.4, 0.5) is 0 Å². The second-order valence-corrected chi connectivity index (χ2v) is 8.12. The summed E-state index contributed by atoms with van der Waals surface area (Å²) in [4.78, 5) is 16.5. The van der Waals surface area contributed by atoms with Gasteiger partial charge in [-0.2, -0.15) is 0 Å². The number of amides is 1. The summed E-state index contributed by atoms with van der Waals surface area (Å²) in [7, 11) is 3.71. The third-order valence-electron chi connectivity index (χ3n) is 6.30. The number of fused-ring (bicyclic) bond motifs is 2. The van der Waals surface area contributed by atoms with E-state index in [9.17, 15) is 4.79 Å². The van der Waals surface area contributed by atoms with E-state index in [4.69, 9.17) is 4.42 Å². The molecule has 0 bridgehead atoms. The van der Waals surface area contributed by atoms with E-state index < -0.39 is 0 Å². The maximum atomic E-state index is 12.3. The van der Waals surface area contributed by atoms with Gasteiger partial charge < -0.3 is 9.32 Å². The number of likely N-dealkylation sites (tertiary alicyclic amines) is 1. The van der Waals surface area contributed by atoms with Gasteiger partial charge in [0.15, 0.2) is 0 Å². The lowest BCUT2D eigenvalue weighted by atomic mass is 9.73. The fraction of sp³-hybridized carbons (Fsp3) is 0.500. The van der Waals surface area contributed by atoms with E-state index in [-0.39, 0.29) is 11.3 Å². The first kappa shape index (κ1) is 17.3. The molecule has 1 aromatic heterocycles. The number of carbonyl (C=O) groups excluding carboxylic acids is 1. The molecule has 1 saturated heterocycles. The predicted molar refractivity (Wildman–Crippen MR) is 102 cm³/mol. The molecule has 2 aromatic rings. The average molecular weight is 352 g/mol. The molecule has 138 valence electrons. The molecule has 4 rings (SSSR count). The van der Waals surface area contributed by atoms with Gasteiger partial charge in [0.25, 0.3) is 0 Å². The summed E-state index contributed by atoms with van der Waals surface area (Å²) in [6.45, 7) is 3.07. The van der Waals surface area contributed by atoms with Crippen LogP contribution in [0.25, 0.3) is 0 Å². The minimum absolute atomic E-state index is 0.233. The van der Waals surface area contributed by atoms with Crippen LogP contribution in [-0.2, 0) is 16.8 Å². The van der Waals surface area contributed by atoms with Gasteiger partial charge in [0, 0.05) is 20.5 Å². The molecule has 0 unspecified atom stereocenters. The minimum Gasteiger partial charge on any atom is -0.468 e. The van der Waals surface area contributed by atoms with Gasteiger partial charge in [0.05, 0.1) is 12.8 Å². The first-order valence-corrected chi connectivity index (χ1v) is 9.62. The van der Waals surface area contributed by atoms with Crippen molar-refractivity contribution in [2.75, 3.05) is 27.2 Å². The number of carbonyl (C=O) groups is 1. The molecule has 2 aliphatic rings. The molecule has 1 aliphatic carbocycles. The standard InChI is InChI=1S/C22H28N2O2/c1-23(2)21(25)14-17-15-22(20-8-4-3-7-19(17)20)9-11-24(12-10-22)16-18-6-5-13-26-18/h3-8,13,17H,9-12,14-16H2,1-2H3/t17-/m1/s1. The predicted octanol–water partition coefficient (Wildman–Crippen LogP) is 3.78. The molecule has 1 spiro atoms. The topological polar surface area (TPSA) is 36.7 Å². The number of furan rings is 1. The van der Waals surface area contributed by atoms with E-state index in [2.05, 4.69) is 35.2 Å². The number of rotatable bonds is 4. The van der Waals surface area contributed by atoms with Crippen molar-refractivity contribution in [1.29, 1.82) is 0 Å². The zero-order chi connectivity index (χ0) is 18.1. The van der Waals surface area contributed by atoms with Crippen LogP contribution in [0, 0.1) is 0 Å². The Kier molecular flexibility index (Phi) is 4.62. The summed E-state index contributed by atoms with van der Waals surface area (Å²) >= 11 is 0. The summed E-state index contributed by atoms with van der Waals surface area (Å²) in [6.07, 6.45) is 5.82. The molecule has 0 saturated carbocycles.